The second kappa shape index (κ2) is 5.90. The fourth-order valence-corrected chi connectivity index (χ4v) is 2.51. The second-order valence-corrected chi connectivity index (χ2v) is 5.19. The Morgan fingerprint density at radius 3 is 3.00 bits per heavy atom. The van der Waals surface area contributed by atoms with Crippen LogP contribution in [0.1, 0.15) is 33.5 Å². The summed E-state index contributed by atoms with van der Waals surface area (Å²) in [5.41, 5.74) is 3.00. The van der Waals surface area contributed by atoms with Crippen LogP contribution in [0.15, 0.2) is 36.4 Å². The van der Waals surface area contributed by atoms with Crippen molar-refractivity contribution in [1.82, 2.24) is 0 Å². The first-order valence-electron chi connectivity index (χ1n) is 7.10. The molecule has 0 aliphatic carbocycles. The van der Waals surface area contributed by atoms with Crippen molar-refractivity contribution in [3.8, 4) is 17.6 Å². The monoisotopic (exact) mass is 293 g/mol. The fraction of sp³-hybridized carbons (Fsp3) is 0.222. The number of Topliss-reactive ketones (excluding diaryl/α,β-unsaturated/α-hetero) is 1. The topological polar surface area (TPSA) is 59.3 Å². The molecule has 0 atom stereocenters. The van der Waals surface area contributed by atoms with E-state index in [1.165, 1.54) is 0 Å². The molecule has 0 bridgehead atoms. The second-order valence-electron chi connectivity index (χ2n) is 5.19. The average Bonchev–Trinajstić information content (AvgIpc) is 2.55. The van der Waals surface area contributed by atoms with Crippen molar-refractivity contribution >= 4 is 5.78 Å². The van der Waals surface area contributed by atoms with Crippen LogP contribution in [0.25, 0.3) is 0 Å². The lowest BCUT2D eigenvalue weighted by Gasteiger charge is -2.20. The van der Waals surface area contributed by atoms with Crippen molar-refractivity contribution in [2.45, 2.75) is 20.0 Å². The highest BCUT2D eigenvalue weighted by Gasteiger charge is 2.22. The van der Waals surface area contributed by atoms with Gasteiger partial charge >= 0.3 is 0 Å². The maximum atomic E-state index is 11.8. The van der Waals surface area contributed by atoms with Crippen LogP contribution in [0.3, 0.4) is 0 Å². The van der Waals surface area contributed by atoms with Gasteiger partial charge in [0.15, 0.2) is 5.78 Å². The van der Waals surface area contributed by atoms with Gasteiger partial charge in [-0.05, 0) is 36.8 Å². The van der Waals surface area contributed by atoms with Gasteiger partial charge in [-0.3, -0.25) is 4.79 Å². The molecule has 0 amide bonds. The molecule has 110 valence electrons. The fourth-order valence-electron chi connectivity index (χ4n) is 2.51. The van der Waals surface area contributed by atoms with E-state index in [1.807, 2.05) is 19.1 Å². The molecule has 1 aliphatic heterocycles. The molecular formula is C18H15NO3. The van der Waals surface area contributed by atoms with Crippen molar-refractivity contribution in [2.75, 3.05) is 6.61 Å². The van der Waals surface area contributed by atoms with Gasteiger partial charge in [-0.2, -0.15) is 5.26 Å². The van der Waals surface area contributed by atoms with Gasteiger partial charge < -0.3 is 9.47 Å². The lowest BCUT2D eigenvalue weighted by Crippen LogP contribution is -2.16. The number of benzene rings is 2. The van der Waals surface area contributed by atoms with Crippen LogP contribution >= 0.6 is 0 Å². The first-order chi connectivity index (χ1) is 10.7. The quantitative estimate of drug-likeness (QED) is 0.870. The normalized spacial score (nSPS) is 13.0. The molecule has 3 rings (SSSR count). The number of hydrogen-bond acceptors (Lipinski definition) is 4. The van der Waals surface area contributed by atoms with E-state index in [-0.39, 0.29) is 5.78 Å². The Morgan fingerprint density at radius 1 is 1.32 bits per heavy atom. The number of carbonyl (C=O) groups excluding carboxylic acids is 1. The number of nitriles is 1. The number of fused-ring (bicyclic) bond motifs is 1. The summed E-state index contributed by atoms with van der Waals surface area (Å²) in [6.07, 6.45) is 0.424. The predicted molar refractivity (Wildman–Crippen MR) is 81.1 cm³/mol. The van der Waals surface area contributed by atoms with Crippen molar-refractivity contribution in [1.29, 1.82) is 5.26 Å². The van der Waals surface area contributed by atoms with E-state index in [9.17, 15) is 4.79 Å². The van der Waals surface area contributed by atoms with Crippen LogP contribution in [0.5, 0.6) is 11.5 Å². The first kappa shape index (κ1) is 14.2. The van der Waals surface area contributed by atoms with E-state index in [0.29, 0.717) is 42.3 Å². The number of nitrogens with zero attached hydrogens (tertiary/aromatic N) is 1. The zero-order valence-electron chi connectivity index (χ0n) is 12.3. The lowest BCUT2D eigenvalue weighted by atomic mass is 10.0. The predicted octanol–water partition coefficient (Wildman–Crippen LogP) is 3.41. The van der Waals surface area contributed by atoms with Crippen LogP contribution in [0.2, 0.25) is 0 Å². The molecule has 0 aromatic heterocycles. The van der Waals surface area contributed by atoms with Gasteiger partial charge in [-0.1, -0.05) is 12.1 Å². The highest BCUT2D eigenvalue weighted by atomic mass is 16.5. The van der Waals surface area contributed by atoms with Gasteiger partial charge in [0.05, 0.1) is 23.8 Å². The molecule has 0 fully saturated rings. The summed E-state index contributed by atoms with van der Waals surface area (Å²) in [6.45, 7) is 2.67. The van der Waals surface area contributed by atoms with Crippen LogP contribution in [0, 0.1) is 18.3 Å². The molecule has 2 aromatic carbocycles. The molecule has 0 radical (unpaired) electrons. The summed E-state index contributed by atoms with van der Waals surface area (Å²) >= 11 is 0. The summed E-state index contributed by atoms with van der Waals surface area (Å²) in [5, 5.41) is 8.91. The third kappa shape index (κ3) is 2.66. The van der Waals surface area contributed by atoms with Crippen molar-refractivity contribution in [3.63, 3.8) is 0 Å². The van der Waals surface area contributed by atoms with Gasteiger partial charge in [-0.15, -0.1) is 0 Å². The van der Waals surface area contributed by atoms with E-state index in [2.05, 4.69) is 6.07 Å². The Bertz CT molecular complexity index is 774. The number of hydrogen-bond donors (Lipinski definition) is 0. The van der Waals surface area contributed by atoms with E-state index in [0.717, 1.165) is 11.1 Å². The highest BCUT2D eigenvalue weighted by molar-refractivity contribution is 6.00. The molecule has 0 saturated heterocycles. The number of ketones is 1. The van der Waals surface area contributed by atoms with Crippen molar-refractivity contribution < 1.29 is 14.3 Å². The first-order valence-corrected chi connectivity index (χ1v) is 7.10. The van der Waals surface area contributed by atoms with E-state index in [4.69, 9.17) is 14.7 Å². The molecule has 0 spiro atoms. The smallest absolute Gasteiger partial charge is 0.170 e. The third-order valence-corrected chi connectivity index (χ3v) is 3.68. The largest absolute Gasteiger partial charge is 0.492 e. The zero-order valence-corrected chi connectivity index (χ0v) is 12.3. The minimum Gasteiger partial charge on any atom is -0.492 e. The van der Waals surface area contributed by atoms with Gasteiger partial charge in [0.25, 0.3) is 0 Å². The Balaban J connectivity index is 1.81. The standard InChI is InChI=1S/C18H15NO3/c1-12-17(6-5-15-16(20)7-8-21-18(12)15)22-11-14-4-2-3-13(9-14)10-19/h2-6,9H,7-8,11H2,1H3. The van der Waals surface area contributed by atoms with E-state index in [1.54, 1.807) is 24.3 Å². The van der Waals surface area contributed by atoms with Gasteiger partial charge in [-0.25, -0.2) is 0 Å². The lowest BCUT2D eigenvalue weighted by molar-refractivity contribution is 0.0932. The van der Waals surface area contributed by atoms with Crippen molar-refractivity contribution in [3.05, 3.63) is 58.7 Å². The number of rotatable bonds is 3. The maximum Gasteiger partial charge on any atom is 0.170 e. The Hall–Kier alpha value is -2.80. The average molecular weight is 293 g/mol. The number of ether oxygens (including phenoxy) is 2. The minimum atomic E-state index is 0.109. The summed E-state index contributed by atoms with van der Waals surface area (Å²) < 4.78 is 11.4. The molecular weight excluding hydrogens is 278 g/mol. The van der Waals surface area contributed by atoms with Gasteiger partial charge in [0, 0.05) is 12.0 Å². The highest BCUT2D eigenvalue weighted by Crippen LogP contribution is 2.35. The summed E-state index contributed by atoms with van der Waals surface area (Å²) in [5.74, 6) is 1.42. The Labute approximate surface area is 128 Å². The molecule has 0 unspecified atom stereocenters. The maximum absolute atomic E-state index is 11.8. The summed E-state index contributed by atoms with van der Waals surface area (Å²) in [4.78, 5) is 11.8. The Morgan fingerprint density at radius 2 is 2.18 bits per heavy atom. The Kier molecular flexibility index (Phi) is 3.80. The molecule has 4 nitrogen and oxygen atoms in total. The molecule has 0 N–H and O–H groups in total. The molecule has 1 aliphatic rings. The summed E-state index contributed by atoms with van der Waals surface area (Å²) in [6, 6.07) is 13.0. The number of carbonyl (C=O) groups is 1. The third-order valence-electron chi connectivity index (χ3n) is 3.68. The van der Waals surface area contributed by atoms with Crippen LogP contribution in [-0.2, 0) is 6.61 Å². The SMILES string of the molecule is Cc1c(OCc2cccc(C#N)c2)ccc2c1OCCC2=O. The minimum absolute atomic E-state index is 0.109. The molecule has 22 heavy (non-hydrogen) atoms. The molecule has 4 heteroatoms. The van der Waals surface area contributed by atoms with Crippen LogP contribution < -0.4 is 9.47 Å². The van der Waals surface area contributed by atoms with Crippen LogP contribution in [-0.4, -0.2) is 12.4 Å². The molecule has 0 saturated carbocycles. The van der Waals surface area contributed by atoms with E-state index < -0.39 is 0 Å². The van der Waals surface area contributed by atoms with Crippen molar-refractivity contribution in [2.24, 2.45) is 0 Å². The summed E-state index contributed by atoms with van der Waals surface area (Å²) in [7, 11) is 0. The molecule has 1 heterocycles. The van der Waals surface area contributed by atoms with Gasteiger partial charge in [0.2, 0.25) is 0 Å². The van der Waals surface area contributed by atoms with E-state index >= 15 is 0 Å². The van der Waals surface area contributed by atoms with Crippen LogP contribution in [0.4, 0.5) is 0 Å². The molecule has 2 aromatic rings. The van der Waals surface area contributed by atoms with Gasteiger partial charge in [0.1, 0.15) is 18.1 Å². The zero-order chi connectivity index (χ0) is 15.5.